The van der Waals surface area contributed by atoms with Crippen LogP contribution < -0.4 is 15.3 Å². The molecule has 2 aliphatic rings. The number of methoxy groups -OCH3 is 2. The van der Waals surface area contributed by atoms with Crippen molar-refractivity contribution in [3.63, 3.8) is 0 Å². The quantitative estimate of drug-likeness (QED) is 0.116. The second kappa shape index (κ2) is 17.0. The minimum atomic E-state index is -4.75. The molecule has 0 amide bonds. The van der Waals surface area contributed by atoms with E-state index in [0.717, 1.165) is 68.7 Å². The summed E-state index contributed by atoms with van der Waals surface area (Å²) in [6.45, 7) is 7.49. The highest BCUT2D eigenvalue weighted by atomic mass is 19.4. The maximum atomic E-state index is 13.8. The summed E-state index contributed by atoms with van der Waals surface area (Å²) >= 11 is 0. The van der Waals surface area contributed by atoms with Crippen LogP contribution in [0.25, 0.3) is 16.7 Å². The van der Waals surface area contributed by atoms with Gasteiger partial charge in [-0.25, -0.2) is 14.4 Å². The van der Waals surface area contributed by atoms with E-state index < -0.39 is 34.9 Å². The minimum Gasteiger partial charge on any atom is -0.490 e. The van der Waals surface area contributed by atoms with Gasteiger partial charge in [0, 0.05) is 50.2 Å². The number of fused-ring (bicyclic) bond motifs is 1. The Bertz CT molecular complexity index is 2440. The summed E-state index contributed by atoms with van der Waals surface area (Å²) in [4.78, 5) is 43.3. The summed E-state index contributed by atoms with van der Waals surface area (Å²) < 4.78 is 60.1. The van der Waals surface area contributed by atoms with Crippen LogP contribution in [0.5, 0.6) is 5.75 Å². The zero-order chi connectivity index (χ0) is 42.0. The van der Waals surface area contributed by atoms with E-state index in [1.807, 2.05) is 12.1 Å². The number of ether oxygens (including phenoxy) is 3. The fraction of sp³-hybridized carbons (Fsp3) is 0.378. The maximum Gasteiger partial charge on any atom is 0.417 e. The van der Waals surface area contributed by atoms with Crippen molar-refractivity contribution >= 4 is 28.7 Å². The number of para-hydroxylation sites is 2. The molecule has 11 nitrogen and oxygen atoms in total. The Hall–Kier alpha value is -6.07. The molecule has 308 valence electrons. The molecular weight excluding hydrogens is 764 g/mol. The molecule has 1 saturated carbocycles. The Labute approximate surface area is 340 Å². The highest BCUT2D eigenvalue weighted by Gasteiger charge is 2.38. The van der Waals surface area contributed by atoms with Crippen LogP contribution in [0, 0.1) is 17.2 Å². The average molecular weight is 810 g/mol. The van der Waals surface area contributed by atoms with E-state index in [-0.39, 0.29) is 29.5 Å². The standard InChI is InChI=1S/C45H46F3N5O6/c1-28(2)51(34-21-36(22-34)59-35-15-16-37(42(54)57-3)38(24-35)43(55)58-4)26-30-17-19-50(20-18-30)32-12-9-29(10-13-32)27-52-40-7-5-6-8-41(40)53(44(52)56)33-14-11-31(25-49)39(23-33)45(46,47)48/h5-16,23-24,28,30,34,36H,17-22,26-27H2,1-4H3. The third-order valence-corrected chi connectivity index (χ3v) is 11.6. The van der Waals surface area contributed by atoms with Gasteiger partial charge in [-0.15, -0.1) is 0 Å². The molecule has 2 heterocycles. The SMILES string of the molecule is COC(=O)c1ccc(OC2CC(N(CC3CCN(c4ccc(Cn5c(=O)n(-c6ccc(C#N)c(C(F)(F)F)c6)c6ccccc65)cc4)CC3)C(C)C)C2)cc1C(=O)OC. The lowest BCUT2D eigenvalue weighted by Crippen LogP contribution is -2.53. The molecule has 7 rings (SSSR count). The van der Waals surface area contributed by atoms with Crippen molar-refractivity contribution in [3.05, 3.63) is 123 Å². The molecule has 2 fully saturated rings. The molecule has 0 bridgehead atoms. The van der Waals surface area contributed by atoms with Crippen molar-refractivity contribution in [1.29, 1.82) is 5.26 Å². The number of benzene rings is 4. The number of carbonyl (C=O) groups excluding carboxylic acids is 2. The Kier molecular flexibility index (Phi) is 11.9. The van der Waals surface area contributed by atoms with Crippen molar-refractivity contribution in [2.45, 2.75) is 70.4 Å². The average Bonchev–Trinajstić information content (AvgIpc) is 3.50. The molecule has 1 aliphatic carbocycles. The van der Waals surface area contributed by atoms with E-state index in [0.29, 0.717) is 34.8 Å². The Balaban J connectivity index is 0.956. The van der Waals surface area contributed by atoms with Gasteiger partial charge >= 0.3 is 23.8 Å². The number of halogens is 3. The Morgan fingerprint density at radius 3 is 2.14 bits per heavy atom. The fourth-order valence-corrected chi connectivity index (χ4v) is 8.32. The number of nitrogens with zero attached hydrogens (tertiary/aromatic N) is 5. The van der Waals surface area contributed by atoms with E-state index in [4.69, 9.17) is 14.2 Å². The smallest absolute Gasteiger partial charge is 0.417 e. The van der Waals surface area contributed by atoms with Gasteiger partial charge in [-0.1, -0.05) is 24.3 Å². The highest BCUT2D eigenvalue weighted by Crippen LogP contribution is 2.36. The third kappa shape index (κ3) is 8.57. The largest absolute Gasteiger partial charge is 0.490 e. The van der Waals surface area contributed by atoms with Crippen LogP contribution in [0.1, 0.15) is 76.9 Å². The van der Waals surface area contributed by atoms with E-state index in [1.165, 1.54) is 37.0 Å². The van der Waals surface area contributed by atoms with Gasteiger partial charge in [0.05, 0.1) is 65.8 Å². The highest BCUT2D eigenvalue weighted by molar-refractivity contribution is 6.03. The van der Waals surface area contributed by atoms with Crippen molar-refractivity contribution in [2.75, 3.05) is 38.8 Å². The number of hydrogen-bond donors (Lipinski definition) is 0. The van der Waals surface area contributed by atoms with Crippen LogP contribution >= 0.6 is 0 Å². The van der Waals surface area contributed by atoms with Gasteiger partial charge < -0.3 is 19.1 Å². The first kappa shape index (κ1) is 41.1. The van der Waals surface area contributed by atoms with Gasteiger partial charge in [0.2, 0.25) is 0 Å². The second-order valence-corrected chi connectivity index (χ2v) is 15.5. The molecule has 0 atom stereocenters. The first-order chi connectivity index (χ1) is 28.3. The van der Waals surface area contributed by atoms with E-state index in [1.54, 1.807) is 41.0 Å². The monoisotopic (exact) mass is 809 g/mol. The fourth-order valence-electron chi connectivity index (χ4n) is 8.32. The molecule has 1 saturated heterocycles. The molecule has 0 unspecified atom stereocenters. The van der Waals surface area contributed by atoms with Gasteiger partial charge in [0.25, 0.3) is 0 Å². The van der Waals surface area contributed by atoms with Gasteiger partial charge in [-0.2, -0.15) is 18.4 Å². The van der Waals surface area contributed by atoms with Crippen LogP contribution in [0.2, 0.25) is 0 Å². The maximum absolute atomic E-state index is 13.8. The Morgan fingerprint density at radius 1 is 0.864 bits per heavy atom. The van der Waals surface area contributed by atoms with Crippen molar-refractivity contribution in [2.24, 2.45) is 5.92 Å². The third-order valence-electron chi connectivity index (χ3n) is 11.6. The summed E-state index contributed by atoms with van der Waals surface area (Å²) in [5, 5.41) is 9.27. The minimum absolute atomic E-state index is 0.00756. The van der Waals surface area contributed by atoms with Gasteiger partial charge in [-0.05, 0) is 98.8 Å². The number of anilines is 1. The molecular formula is C45H46F3N5O6. The number of rotatable bonds is 12. The summed E-state index contributed by atoms with van der Waals surface area (Å²) in [7, 11) is 2.52. The lowest BCUT2D eigenvalue weighted by molar-refractivity contribution is -0.137. The van der Waals surface area contributed by atoms with Crippen LogP contribution in [0.4, 0.5) is 18.9 Å². The number of alkyl halides is 3. The summed E-state index contributed by atoms with van der Waals surface area (Å²) in [5.74, 6) is -0.213. The summed E-state index contributed by atoms with van der Waals surface area (Å²) in [5.41, 5.74) is 1.23. The number of imidazole rings is 1. The number of carbonyl (C=O) groups is 2. The predicted molar refractivity (Wildman–Crippen MR) is 216 cm³/mol. The first-order valence-corrected chi connectivity index (χ1v) is 19.7. The van der Waals surface area contributed by atoms with Gasteiger partial charge in [-0.3, -0.25) is 14.0 Å². The van der Waals surface area contributed by atoms with Crippen LogP contribution in [-0.4, -0.2) is 78.0 Å². The van der Waals surface area contributed by atoms with Gasteiger partial charge in [0.1, 0.15) is 11.9 Å². The number of piperidine rings is 1. The van der Waals surface area contributed by atoms with Crippen molar-refractivity contribution in [3.8, 4) is 17.5 Å². The molecule has 0 radical (unpaired) electrons. The molecule has 4 aromatic carbocycles. The van der Waals surface area contributed by atoms with E-state index in [2.05, 4.69) is 35.8 Å². The molecule has 5 aromatic rings. The zero-order valence-corrected chi connectivity index (χ0v) is 33.4. The number of nitriles is 1. The lowest BCUT2D eigenvalue weighted by atomic mass is 9.85. The summed E-state index contributed by atoms with van der Waals surface area (Å²) in [6, 6.07) is 25.5. The van der Waals surface area contributed by atoms with Crippen molar-refractivity contribution < 1.29 is 37.0 Å². The normalized spacial score (nSPS) is 17.2. The first-order valence-electron chi connectivity index (χ1n) is 19.7. The number of esters is 2. The van der Waals surface area contributed by atoms with Crippen LogP contribution in [-0.2, 0) is 22.2 Å². The predicted octanol–water partition coefficient (Wildman–Crippen LogP) is 7.84. The molecule has 0 spiro atoms. The van der Waals surface area contributed by atoms with Crippen LogP contribution in [0.3, 0.4) is 0 Å². The number of aromatic nitrogens is 2. The van der Waals surface area contributed by atoms with Crippen molar-refractivity contribution in [1.82, 2.24) is 14.0 Å². The molecule has 59 heavy (non-hydrogen) atoms. The van der Waals surface area contributed by atoms with Crippen LogP contribution in [0.15, 0.2) is 89.7 Å². The molecule has 1 aliphatic heterocycles. The topological polar surface area (TPSA) is 119 Å². The molecule has 14 heteroatoms. The van der Waals surface area contributed by atoms with E-state index >= 15 is 0 Å². The van der Waals surface area contributed by atoms with E-state index in [9.17, 15) is 32.8 Å². The second-order valence-electron chi connectivity index (χ2n) is 15.5. The lowest BCUT2D eigenvalue weighted by Gasteiger charge is -2.46. The number of hydrogen-bond acceptors (Lipinski definition) is 9. The Morgan fingerprint density at radius 2 is 1.51 bits per heavy atom. The van der Waals surface area contributed by atoms with Gasteiger partial charge in [0.15, 0.2) is 0 Å². The zero-order valence-electron chi connectivity index (χ0n) is 33.4. The molecule has 0 N–H and O–H groups in total. The summed E-state index contributed by atoms with van der Waals surface area (Å²) in [6.07, 6.45) is -0.959. The molecule has 1 aromatic heterocycles.